The molecule has 0 bridgehead atoms. The molecule has 5 heteroatoms. The van der Waals surface area contributed by atoms with Crippen LogP contribution in [0.25, 0.3) is 10.1 Å². The minimum atomic E-state index is -0.288. The SMILES string of the molecule is CCC(C)(C)NC(=O)c1c(C)sc2ccn(CC(C)C)c(=O)c12. The van der Waals surface area contributed by atoms with Crippen LogP contribution in [0, 0.1) is 12.8 Å². The van der Waals surface area contributed by atoms with Gasteiger partial charge in [0.05, 0.1) is 10.9 Å². The Morgan fingerprint density at radius 3 is 2.61 bits per heavy atom. The predicted molar refractivity (Wildman–Crippen MR) is 97.5 cm³/mol. The van der Waals surface area contributed by atoms with Gasteiger partial charge in [-0.2, -0.15) is 0 Å². The van der Waals surface area contributed by atoms with Crippen LogP contribution >= 0.6 is 11.3 Å². The van der Waals surface area contributed by atoms with Gasteiger partial charge in [0.25, 0.3) is 11.5 Å². The van der Waals surface area contributed by atoms with Gasteiger partial charge >= 0.3 is 0 Å². The smallest absolute Gasteiger partial charge is 0.260 e. The van der Waals surface area contributed by atoms with Crippen LogP contribution in [-0.2, 0) is 6.54 Å². The Morgan fingerprint density at radius 1 is 1.39 bits per heavy atom. The molecule has 0 unspecified atom stereocenters. The average molecular weight is 334 g/mol. The van der Waals surface area contributed by atoms with Crippen molar-refractivity contribution in [2.75, 3.05) is 0 Å². The standard InChI is InChI=1S/C18H26N2O2S/c1-7-18(5,6)19-16(21)14-12(4)23-13-8-9-20(10-11(2)3)17(22)15(13)14/h8-9,11H,7,10H2,1-6H3,(H,19,21). The monoisotopic (exact) mass is 334 g/mol. The third-order valence-electron chi connectivity index (χ3n) is 4.12. The number of hydrogen-bond acceptors (Lipinski definition) is 3. The number of rotatable bonds is 5. The first kappa shape index (κ1) is 17.7. The Morgan fingerprint density at radius 2 is 2.04 bits per heavy atom. The first-order valence-electron chi connectivity index (χ1n) is 8.11. The van der Waals surface area contributed by atoms with E-state index in [9.17, 15) is 9.59 Å². The fraction of sp³-hybridized carbons (Fsp3) is 0.556. The molecule has 126 valence electrons. The number of amides is 1. The average Bonchev–Trinajstić information content (AvgIpc) is 2.78. The highest BCUT2D eigenvalue weighted by Gasteiger charge is 2.24. The van der Waals surface area contributed by atoms with E-state index in [4.69, 9.17) is 0 Å². The lowest BCUT2D eigenvalue weighted by Crippen LogP contribution is -2.43. The summed E-state index contributed by atoms with van der Waals surface area (Å²) < 4.78 is 2.59. The van der Waals surface area contributed by atoms with Crippen LogP contribution in [0.15, 0.2) is 17.1 Å². The van der Waals surface area contributed by atoms with Crippen LogP contribution in [-0.4, -0.2) is 16.0 Å². The second-order valence-corrected chi connectivity index (χ2v) is 8.39. The summed E-state index contributed by atoms with van der Waals surface area (Å²) in [4.78, 5) is 26.5. The number of aromatic nitrogens is 1. The van der Waals surface area contributed by atoms with Gasteiger partial charge in [-0.3, -0.25) is 9.59 Å². The largest absolute Gasteiger partial charge is 0.347 e. The number of nitrogens with zero attached hydrogens (tertiary/aromatic N) is 1. The van der Waals surface area contributed by atoms with Crippen LogP contribution in [0.3, 0.4) is 0 Å². The molecule has 23 heavy (non-hydrogen) atoms. The van der Waals surface area contributed by atoms with E-state index in [0.717, 1.165) is 16.0 Å². The summed E-state index contributed by atoms with van der Waals surface area (Å²) in [6.07, 6.45) is 2.66. The summed E-state index contributed by atoms with van der Waals surface area (Å²) in [5.74, 6) is 0.223. The number of pyridine rings is 1. The van der Waals surface area contributed by atoms with Crippen molar-refractivity contribution in [2.24, 2.45) is 5.92 Å². The van der Waals surface area contributed by atoms with Gasteiger partial charge in [0.2, 0.25) is 0 Å². The number of hydrogen-bond donors (Lipinski definition) is 1. The summed E-state index contributed by atoms with van der Waals surface area (Å²) in [6.45, 7) is 12.7. The lowest BCUT2D eigenvalue weighted by Gasteiger charge is -2.24. The molecule has 0 fully saturated rings. The van der Waals surface area contributed by atoms with Gasteiger partial charge in [-0.05, 0) is 39.2 Å². The van der Waals surface area contributed by atoms with Crippen LogP contribution in [0.1, 0.15) is 56.3 Å². The fourth-order valence-electron chi connectivity index (χ4n) is 2.53. The molecule has 2 aromatic heterocycles. The van der Waals surface area contributed by atoms with E-state index < -0.39 is 0 Å². The quantitative estimate of drug-likeness (QED) is 0.900. The van der Waals surface area contributed by atoms with Crippen molar-refractivity contribution in [3.63, 3.8) is 0 Å². The van der Waals surface area contributed by atoms with Gasteiger partial charge < -0.3 is 9.88 Å². The van der Waals surface area contributed by atoms with Crippen LogP contribution in [0.2, 0.25) is 0 Å². The molecule has 4 nitrogen and oxygen atoms in total. The van der Waals surface area contributed by atoms with Crippen LogP contribution < -0.4 is 10.9 Å². The molecule has 0 radical (unpaired) electrons. The number of fused-ring (bicyclic) bond motifs is 1. The first-order valence-corrected chi connectivity index (χ1v) is 8.93. The van der Waals surface area contributed by atoms with E-state index in [1.54, 1.807) is 4.57 Å². The molecule has 0 saturated carbocycles. The maximum Gasteiger partial charge on any atom is 0.260 e. The van der Waals surface area contributed by atoms with Crippen molar-refractivity contribution >= 4 is 27.3 Å². The molecule has 2 aromatic rings. The topological polar surface area (TPSA) is 51.1 Å². The van der Waals surface area contributed by atoms with E-state index in [2.05, 4.69) is 19.2 Å². The Balaban J connectivity index is 2.57. The number of carbonyl (C=O) groups excluding carboxylic acids is 1. The molecule has 1 amide bonds. The Labute approximate surface area is 141 Å². The fourth-order valence-corrected chi connectivity index (χ4v) is 3.58. The number of carbonyl (C=O) groups is 1. The van der Waals surface area contributed by atoms with E-state index in [1.807, 2.05) is 40.0 Å². The Bertz CT molecular complexity index is 784. The molecule has 0 aliphatic carbocycles. The zero-order valence-corrected chi connectivity index (χ0v) is 15.6. The lowest BCUT2D eigenvalue weighted by molar-refractivity contribution is 0.0912. The molecule has 0 spiro atoms. The van der Waals surface area contributed by atoms with Gasteiger partial charge in [0.15, 0.2) is 0 Å². The Kier molecular flexibility index (Phi) is 4.99. The minimum Gasteiger partial charge on any atom is -0.347 e. The zero-order valence-electron chi connectivity index (χ0n) is 14.8. The van der Waals surface area contributed by atoms with Crippen molar-refractivity contribution in [2.45, 2.75) is 60.0 Å². The normalized spacial score (nSPS) is 12.1. The minimum absolute atomic E-state index is 0.0694. The van der Waals surface area contributed by atoms with Gasteiger partial charge in [0.1, 0.15) is 0 Å². The molecule has 0 saturated heterocycles. The summed E-state index contributed by atoms with van der Waals surface area (Å²) in [6, 6.07) is 1.94. The third-order valence-corrected chi connectivity index (χ3v) is 5.19. The molecule has 0 atom stereocenters. The predicted octanol–water partition coefficient (Wildman–Crippen LogP) is 3.95. The summed E-state index contributed by atoms with van der Waals surface area (Å²) in [5, 5.41) is 3.60. The molecule has 0 aliphatic heterocycles. The summed E-state index contributed by atoms with van der Waals surface area (Å²) in [7, 11) is 0. The van der Waals surface area contributed by atoms with Crippen molar-refractivity contribution in [3.05, 3.63) is 33.1 Å². The number of thiophene rings is 1. The van der Waals surface area contributed by atoms with Crippen LogP contribution in [0.4, 0.5) is 0 Å². The number of nitrogens with one attached hydrogen (secondary N) is 1. The van der Waals surface area contributed by atoms with Crippen LogP contribution in [0.5, 0.6) is 0 Å². The summed E-state index contributed by atoms with van der Waals surface area (Å²) in [5.41, 5.74) is 0.179. The lowest BCUT2D eigenvalue weighted by atomic mass is 10.0. The molecule has 0 aromatic carbocycles. The van der Waals surface area contributed by atoms with Gasteiger partial charge in [-0.25, -0.2) is 0 Å². The third kappa shape index (κ3) is 3.66. The highest BCUT2D eigenvalue weighted by atomic mass is 32.1. The van der Waals surface area contributed by atoms with Crippen molar-refractivity contribution in [1.29, 1.82) is 0 Å². The van der Waals surface area contributed by atoms with E-state index in [-0.39, 0.29) is 17.0 Å². The molecule has 1 N–H and O–H groups in total. The van der Waals surface area contributed by atoms with E-state index >= 15 is 0 Å². The van der Waals surface area contributed by atoms with Crippen molar-refractivity contribution < 1.29 is 4.79 Å². The molecular formula is C18H26N2O2S. The van der Waals surface area contributed by atoms with Gasteiger partial charge in [-0.15, -0.1) is 11.3 Å². The maximum atomic E-state index is 12.8. The highest BCUT2D eigenvalue weighted by molar-refractivity contribution is 7.19. The molecule has 2 heterocycles. The van der Waals surface area contributed by atoms with Crippen molar-refractivity contribution in [3.8, 4) is 0 Å². The highest BCUT2D eigenvalue weighted by Crippen LogP contribution is 2.29. The first-order chi connectivity index (χ1) is 10.7. The van der Waals surface area contributed by atoms with Gasteiger partial charge in [-0.1, -0.05) is 20.8 Å². The molecule has 2 rings (SSSR count). The van der Waals surface area contributed by atoms with Crippen molar-refractivity contribution in [1.82, 2.24) is 9.88 Å². The maximum absolute atomic E-state index is 12.8. The molecular weight excluding hydrogens is 308 g/mol. The molecule has 0 aliphatic rings. The Hall–Kier alpha value is -1.62. The van der Waals surface area contributed by atoms with E-state index in [1.165, 1.54) is 11.3 Å². The second-order valence-electron chi connectivity index (χ2n) is 7.13. The van der Waals surface area contributed by atoms with E-state index in [0.29, 0.717) is 23.4 Å². The zero-order chi connectivity index (χ0) is 17.4. The second kappa shape index (κ2) is 6.48. The van der Waals surface area contributed by atoms with Gasteiger partial charge in [0, 0.05) is 27.9 Å². The number of aryl methyl sites for hydroxylation is 1. The summed E-state index contributed by atoms with van der Waals surface area (Å²) >= 11 is 1.51.